The SMILES string of the molecule is C=CC[C@@H]1CC=C[C@@H](c2ccccc2)N1C(=O)c1ccc2nnnn2c1. The van der Waals surface area contributed by atoms with E-state index in [2.05, 4.69) is 46.4 Å². The number of benzene rings is 1. The number of pyridine rings is 1. The van der Waals surface area contributed by atoms with E-state index in [1.807, 2.05) is 29.2 Å². The first-order valence-electron chi connectivity index (χ1n) is 8.61. The summed E-state index contributed by atoms with van der Waals surface area (Å²) in [6.45, 7) is 3.86. The first-order valence-corrected chi connectivity index (χ1v) is 8.61. The molecule has 6 heteroatoms. The summed E-state index contributed by atoms with van der Waals surface area (Å²) < 4.78 is 1.52. The molecule has 3 heterocycles. The molecule has 3 aromatic rings. The molecule has 0 bridgehead atoms. The Balaban J connectivity index is 1.75. The van der Waals surface area contributed by atoms with Crippen molar-refractivity contribution in [1.29, 1.82) is 0 Å². The first-order chi connectivity index (χ1) is 12.8. The topological polar surface area (TPSA) is 63.4 Å². The lowest BCUT2D eigenvalue weighted by Gasteiger charge is -2.39. The molecule has 0 saturated carbocycles. The molecule has 1 aliphatic rings. The zero-order valence-corrected chi connectivity index (χ0v) is 14.3. The van der Waals surface area contributed by atoms with Crippen LogP contribution >= 0.6 is 0 Å². The number of hydrogen-bond donors (Lipinski definition) is 0. The fraction of sp³-hybridized carbons (Fsp3) is 0.200. The third-order valence-electron chi connectivity index (χ3n) is 4.67. The van der Waals surface area contributed by atoms with Crippen LogP contribution < -0.4 is 0 Å². The van der Waals surface area contributed by atoms with Crippen molar-refractivity contribution in [3.63, 3.8) is 0 Å². The third kappa shape index (κ3) is 2.90. The normalized spacial score (nSPS) is 19.6. The summed E-state index contributed by atoms with van der Waals surface area (Å²) >= 11 is 0. The van der Waals surface area contributed by atoms with Gasteiger partial charge in [0.05, 0.1) is 11.6 Å². The number of fused-ring (bicyclic) bond motifs is 1. The van der Waals surface area contributed by atoms with Gasteiger partial charge in [-0.1, -0.05) is 48.6 Å². The Morgan fingerprint density at radius 1 is 1.23 bits per heavy atom. The maximum absolute atomic E-state index is 13.4. The average Bonchev–Trinajstić information content (AvgIpc) is 3.16. The molecule has 0 radical (unpaired) electrons. The monoisotopic (exact) mass is 345 g/mol. The van der Waals surface area contributed by atoms with Crippen LogP contribution in [-0.4, -0.2) is 36.9 Å². The molecule has 4 rings (SSSR count). The van der Waals surface area contributed by atoms with E-state index in [1.54, 1.807) is 18.3 Å². The predicted octanol–water partition coefficient (Wildman–Crippen LogP) is 3.21. The summed E-state index contributed by atoms with van der Waals surface area (Å²) in [6.07, 6.45) is 9.36. The van der Waals surface area contributed by atoms with Crippen LogP contribution in [-0.2, 0) is 0 Å². The summed E-state index contributed by atoms with van der Waals surface area (Å²) in [6, 6.07) is 13.6. The van der Waals surface area contributed by atoms with Gasteiger partial charge in [0, 0.05) is 12.2 Å². The number of hydrogen-bond acceptors (Lipinski definition) is 4. The van der Waals surface area contributed by atoms with E-state index in [1.165, 1.54) is 4.52 Å². The molecule has 0 saturated heterocycles. The zero-order valence-electron chi connectivity index (χ0n) is 14.3. The summed E-state index contributed by atoms with van der Waals surface area (Å²) in [7, 11) is 0. The minimum Gasteiger partial charge on any atom is -0.324 e. The van der Waals surface area contributed by atoms with Gasteiger partial charge in [-0.25, -0.2) is 0 Å². The summed E-state index contributed by atoms with van der Waals surface area (Å²) in [5, 5.41) is 11.4. The van der Waals surface area contributed by atoms with Gasteiger partial charge in [-0.15, -0.1) is 11.7 Å². The van der Waals surface area contributed by atoms with Crippen LogP contribution in [0.5, 0.6) is 0 Å². The fourth-order valence-corrected chi connectivity index (χ4v) is 3.43. The van der Waals surface area contributed by atoms with Crippen molar-refractivity contribution < 1.29 is 4.79 Å². The van der Waals surface area contributed by atoms with Crippen LogP contribution in [0.1, 0.15) is 34.8 Å². The quantitative estimate of drug-likeness (QED) is 0.681. The van der Waals surface area contributed by atoms with Crippen molar-refractivity contribution in [3.05, 3.63) is 84.6 Å². The largest absolute Gasteiger partial charge is 0.324 e. The number of carbonyl (C=O) groups is 1. The average molecular weight is 345 g/mol. The lowest BCUT2D eigenvalue weighted by Crippen LogP contribution is -2.44. The molecule has 2 aromatic heterocycles. The van der Waals surface area contributed by atoms with E-state index >= 15 is 0 Å². The predicted molar refractivity (Wildman–Crippen MR) is 98.5 cm³/mol. The van der Waals surface area contributed by atoms with E-state index in [0.717, 1.165) is 18.4 Å². The molecule has 6 nitrogen and oxygen atoms in total. The molecule has 130 valence electrons. The van der Waals surface area contributed by atoms with Crippen molar-refractivity contribution in [2.75, 3.05) is 0 Å². The van der Waals surface area contributed by atoms with Crippen LogP contribution in [0, 0.1) is 0 Å². The maximum Gasteiger partial charge on any atom is 0.256 e. The Morgan fingerprint density at radius 3 is 2.88 bits per heavy atom. The smallest absolute Gasteiger partial charge is 0.256 e. The Bertz CT molecular complexity index is 963. The van der Waals surface area contributed by atoms with E-state index in [0.29, 0.717) is 11.2 Å². The highest BCUT2D eigenvalue weighted by Crippen LogP contribution is 2.32. The molecular weight excluding hydrogens is 326 g/mol. The van der Waals surface area contributed by atoms with Crippen LogP contribution in [0.25, 0.3) is 5.65 Å². The molecule has 0 fully saturated rings. The molecule has 0 N–H and O–H groups in total. The van der Waals surface area contributed by atoms with Crippen LogP contribution in [0.15, 0.2) is 73.5 Å². The van der Waals surface area contributed by atoms with Crippen molar-refractivity contribution in [1.82, 2.24) is 24.9 Å². The molecule has 0 spiro atoms. The van der Waals surface area contributed by atoms with Gasteiger partial charge in [0.1, 0.15) is 0 Å². The molecule has 1 amide bonds. The van der Waals surface area contributed by atoms with E-state index < -0.39 is 0 Å². The fourth-order valence-electron chi connectivity index (χ4n) is 3.43. The molecule has 1 aromatic carbocycles. The number of amides is 1. The summed E-state index contributed by atoms with van der Waals surface area (Å²) in [4.78, 5) is 15.4. The standard InChI is InChI=1S/C20H19N5O/c1-2-7-17-10-6-11-18(15-8-4-3-5-9-15)25(17)20(26)16-12-13-19-21-22-23-24(19)14-16/h2-6,8-9,11-14,17-18H,1,7,10H2/t17-,18+/m1/s1. The Hall–Kier alpha value is -3.28. The lowest BCUT2D eigenvalue weighted by atomic mass is 9.94. The Labute approximate surface area is 151 Å². The minimum absolute atomic E-state index is 0.0348. The van der Waals surface area contributed by atoms with Gasteiger partial charge in [-0.3, -0.25) is 4.79 Å². The summed E-state index contributed by atoms with van der Waals surface area (Å²) in [5.41, 5.74) is 2.27. The second-order valence-electron chi connectivity index (χ2n) is 6.31. The van der Waals surface area contributed by atoms with Crippen molar-refractivity contribution in [2.24, 2.45) is 0 Å². The number of nitrogens with zero attached hydrogens (tertiary/aromatic N) is 5. The van der Waals surface area contributed by atoms with Gasteiger partial charge in [0.2, 0.25) is 0 Å². The van der Waals surface area contributed by atoms with Crippen LogP contribution in [0.2, 0.25) is 0 Å². The maximum atomic E-state index is 13.4. The van der Waals surface area contributed by atoms with Crippen LogP contribution in [0.3, 0.4) is 0 Å². The molecule has 1 aliphatic heterocycles. The highest BCUT2D eigenvalue weighted by atomic mass is 16.2. The van der Waals surface area contributed by atoms with Crippen molar-refractivity contribution in [3.8, 4) is 0 Å². The van der Waals surface area contributed by atoms with Gasteiger partial charge in [0.25, 0.3) is 5.91 Å². The van der Waals surface area contributed by atoms with Gasteiger partial charge in [-0.2, -0.15) is 4.52 Å². The first kappa shape index (κ1) is 16.2. The molecular formula is C20H19N5O. The van der Waals surface area contributed by atoms with E-state index in [9.17, 15) is 4.79 Å². The Kier molecular flexibility index (Phi) is 4.31. The van der Waals surface area contributed by atoms with Gasteiger partial charge < -0.3 is 4.90 Å². The second kappa shape index (κ2) is 6.92. The highest BCUT2D eigenvalue weighted by Gasteiger charge is 2.32. The van der Waals surface area contributed by atoms with Crippen molar-refractivity contribution >= 4 is 11.6 Å². The Morgan fingerprint density at radius 2 is 2.08 bits per heavy atom. The van der Waals surface area contributed by atoms with Crippen LogP contribution in [0.4, 0.5) is 0 Å². The van der Waals surface area contributed by atoms with Gasteiger partial charge in [-0.05, 0) is 41.0 Å². The van der Waals surface area contributed by atoms with Gasteiger partial charge in [0.15, 0.2) is 5.65 Å². The third-order valence-corrected chi connectivity index (χ3v) is 4.67. The molecule has 0 unspecified atom stereocenters. The number of aromatic nitrogens is 4. The second-order valence-corrected chi connectivity index (χ2v) is 6.31. The van der Waals surface area contributed by atoms with E-state index in [-0.39, 0.29) is 18.0 Å². The molecule has 26 heavy (non-hydrogen) atoms. The number of rotatable bonds is 4. The zero-order chi connectivity index (χ0) is 17.9. The van der Waals surface area contributed by atoms with Crippen molar-refractivity contribution in [2.45, 2.75) is 24.9 Å². The van der Waals surface area contributed by atoms with Gasteiger partial charge >= 0.3 is 0 Å². The summed E-state index contributed by atoms with van der Waals surface area (Å²) in [5.74, 6) is -0.0348. The number of tetrazole rings is 1. The molecule has 2 atom stereocenters. The molecule has 0 aliphatic carbocycles. The number of carbonyl (C=O) groups excluding carboxylic acids is 1. The highest BCUT2D eigenvalue weighted by molar-refractivity contribution is 5.95. The lowest BCUT2D eigenvalue weighted by molar-refractivity contribution is 0.0602. The minimum atomic E-state index is -0.105. The van der Waals surface area contributed by atoms with E-state index in [4.69, 9.17) is 0 Å².